The highest BCUT2D eigenvalue weighted by Crippen LogP contribution is 2.65. The summed E-state index contributed by atoms with van der Waals surface area (Å²) in [6, 6.07) is 17.3. The molecule has 1 amide bonds. The number of carbonyl (C=O) groups is 1. The number of hydrogen-bond acceptors (Lipinski definition) is 5. The molecular formula is C31H32N2O4. The summed E-state index contributed by atoms with van der Waals surface area (Å²) in [5, 5.41) is 28.7. The molecule has 5 atom stereocenters. The van der Waals surface area contributed by atoms with Gasteiger partial charge in [-0.1, -0.05) is 42.5 Å². The first-order valence-corrected chi connectivity index (χ1v) is 13.8. The summed E-state index contributed by atoms with van der Waals surface area (Å²) < 4.78 is 6.60. The Balaban J connectivity index is 1.20. The fourth-order valence-corrected chi connectivity index (χ4v) is 8.30. The van der Waals surface area contributed by atoms with Crippen molar-refractivity contribution in [1.29, 1.82) is 0 Å². The summed E-state index contributed by atoms with van der Waals surface area (Å²) >= 11 is 0. The largest absolute Gasteiger partial charge is 0.504 e. The van der Waals surface area contributed by atoms with Gasteiger partial charge in [-0.3, -0.25) is 9.69 Å². The number of piperidine rings is 1. The van der Waals surface area contributed by atoms with E-state index < -0.39 is 17.1 Å². The molecule has 37 heavy (non-hydrogen) atoms. The lowest BCUT2D eigenvalue weighted by Crippen LogP contribution is -2.78. The van der Waals surface area contributed by atoms with Crippen molar-refractivity contribution in [2.45, 2.75) is 67.7 Å². The van der Waals surface area contributed by atoms with Gasteiger partial charge in [-0.05, 0) is 79.5 Å². The molecular weight excluding hydrogens is 464 g/mol. The van der Waals surface area contributed by atoms with Gasteiger partial charge in [0, 0.05) is 23.7 Å². The van der Waals surface area contributed by atoms with Gasteiger partial charge in [0.25, 0.3) is 5.91 Å². The van der Waals surface area contributed by atoms with Gasteiger partial charge in [-0.25, -0.2) is 0 Å². The number of likely N-dealkylation sites (tertiary alicyclic amines) is 1. The fraction of sp³-hybridized carbons (Fsp3) is 0.452. The topological polar surface area (TPSA) is 82.0 Å². The third-order valence-electron chi connectivity index (χ3n) is 10.1. The zero-order valence-corrected chi connectivity index (χ0v) is 20.8. The Morgan fingerprint density at radius 3 is 2.76 bits per heavy atom. The van der Waals surface area contributed by atoms with Crippen LogP contribution in [0.2, 0.25) is 0 Å². The Labute approximate surface area is 216 Å². The van der Waals surface area contributed by atoms with Gasteiger partial charge in [-0.2, -0.15) is 0 Å². The van der Waals surface area contributed by atoms with Crippen LogP contribution in [0.4, 0.5) is 0 Å². The third-order valence-corrected chi connectivity index (χ3v) is 10.1. The average molecular weight is 497 g/mol. The number of benzene rings is 3. The van der Waals surface area contributed by atoms with Crippen molar-refractivity contribution in [3.05, 3.63) is 71.3 Å². The molecule has 1 spiro atoms. The quantitative estimate of drug-likeness (QED) is 0.510. The van der Waals surface area contributed by atoms with Crippen molar-refractivity contribution in [1.82, 2.24) is 10.2 Å². The molecule has 3 N–H and O–H groups in total. The molecule has 1 unspecified atom stereocenters. The number of nitrogens with zero attached hydrogens (tertiary/aromatic N) is 1. The lowest BCUT2D eigenvalue weighted by Gasteiger charge is -2.64. The maximum Gasteiger partial charge on any atom is 0.252 e. The molecule has 6 heteroatoms. The van der Waals surface area contributed by atoms with E-state index in [1.807, 2.05) is 48.5 Å². The van der Waals surface area contributed by atoms with Gasteiger partial charge < -0.3 is 20.3 Å². The van der Waals surface area contributed by atoms with Crippen molar-refractivity contribution < 1.29 is 19.7 Å². The van der Waals surface area contributed by atoms with Gasteiger partial charge in [0.15, 0.2) is 11.5 Å². The molecule has 0 aromatic heterocycles. The second-order valence-electron chi connectivity index (χ2n) is 11.9. The van der Waals surface area contributed by atoms with Crippen LogP contribution in [0.15, 0.2) is 54.6 Å². The molecule has 3 aromatic carbocycles. The SMILES string of the molecule is O=C(N[C@@H]1CC[C@@]2(O)C3Cc4ccc(O)c5c4[C@@]2(CCN3CC2CC2)[C@H]1O5)c1cccc2ccccc12. The van der Waals surface area contributed by atoms with E-state index in [4.69, 9.17) is 4.74 Å². The number of hydrogen-bond donors (Lipinski definition) is 3. The van der Waals surface area contributed by atoms with E-state index in [1.165, 1.54) is 18.4 Å². The number of rotatable bonds is 4. The van der Waals surface area contributed by atoms with Crippen LogP contribution in [0.5, 0.6) is 11.5 Å². The first-order chi connectivity index (χ1) is 18.0. The number of carbonyl (C=O) groups excluding carboxylic acids is 1. The van der Waals surface area contributed by atoms with Crippen LogP contribution in [-0.2, 0) is 11.8 Å². The van der Waals surface area contributed by atoms with Gasteiger partial charge in [0.2, 0.25) is 0 Å². The van der Waals surface area contributed by atoms with Crippen LogP contribution >= 0.6 is 0 Å². The fourth-order valence-electron chi connectivity index (χ4n) is 8.30. The summed E-state index contributed by atoms with van der Waals surface area (Å²) in [5.74, 6) is 1.27. The lowest BCUT2D eigenvalue weighted by atomic mass is 9.48. The van der Waals surface area contributed by atoms with E-state index in [1.54, 1.807) is 6.07 Å². The lowest BCUT2D eigenvalue weighted by molar-refractivity contribution is -0.191. The monoisotopic (exact) mass is 496 g/mol. The Bertz CT molecular complexity index is 1450. The number of amides is 1. The van der Waals surface area contributed by atoms with Gasteiger partial charge in [0.05, 0.1) is 17.1 Å². The average Bonchev–Trinajstić information content (AvgIpc) is 3.65. The number of nitrogens with one attached hydrogen (secondary N) is 1. The second-order valence-corrected chi connectivity index (χ2v) is 11.9. The van der Waals surface area contributed by atoms with E-state index in [2.05, 4.69) is 10.2 Å². The van der Waals surface area contributed by atoms with Gasteiger partial charge in [-0.15, -0.1) is 0 Å². The van der Waals surface area contributed by atoms with Crippen LogP contribution in [0.3, 0.4) is 0 Å². The highest BCUT2D eigenvalue weighted by atomic mass is 16.5. The molecule has 2 bridgehead atoms. The molecule has 6 nitrogen and oxygen atoms in total. The maximum absolute atomic E-state index is 13.7. The minimum atomic E-state index is -0.947. The van der Waals surface area contributed by atoms with Gasteiger partial charge in [0.1, 0.15) is 6.10 Å². The Morgan fingerprint density at radius 2 is 1.89 bits per heavy atom. The first-order valence-electron chi connectivity index (χ1n) is 13.8. The van der Waals surface area contributed by atoms with Gasteiger partial charge >= 0.3 is 0 Å². The van der Waals surface area contributed by atoms with E-state index >= 15 is 0 Å². The second kappa shape index (κ2) is 7.49. The summed E-state index contributed by atoms with van der Waals surface area (Å²) in [5.41, 5.74) is 1.24. The zero-order valence-electron chi connectivity index (χ0n) is 20.8. The van der Waals surface area contributed by atoms with Crippen molar-refractivity contribution in [3.63, 3.8) is 0 Å². The molecule has 2 heterocycles. The predicted octanol–water partition coefficient (Wildman–Crippen LogP) is 3.91. The minimum absolute atomic E-state index is 0.0330. The van der Waals surface area contributed by atoms with Crippen molar-refractivity contribution in [2.24, 2.45) is 5.92 Å². The first kappa shape index (κ1) is 21.9. The highest BCUT2D eigenvalue weighted by molar-refractivity contribution is 6.07. The predicted molar refractivity (Wildman–Crippen MR) is 140 cm³/mol. The summed E-state index contributed by atoms with van der Waals surface area (Å²) in [4.78, 5) is 16.2. The summed E-state index contributed by atoms with van der Waals surface area (Å²) in [6.45, 7) is 1.96. The van der Waals surface area contributed by atoms with Crippen LogP contribution in [-0.4, -0.2) is 57.9 Å². The third kappa shape index (κ3) is 2.86. The van der Waals surface area contributed by atoms with Crippen LogP contribution in [0.1, 0.15) is 53.6 Å². The number of aromatic hydroxyl groups is 1. The highest BCUT2D eigenvalue weighted by Gasteiger charge is 2.73. The van der Waals surface area contributed by atoms with E-state index in [9.17, 15) is 15.0 Å². The molecule has 8 rings (SSSR count). The maximum atomic E-state index is 13.7. The van der Waals surface area contributed by atoms with E-state index in [0.717, 1.165) is 48.2 Å². The Kier molecular flexibility index (Phi) is 4.44. The summed E-state index contributed by atoms with van der Waals surface area (Å²) in [6.07, 6.45) is 4.94. The molecule has 3 aliphatic carbocycles. The van der Waals surface area contributed by atoms with Crippen LogP contribution in [0, 0.1) is 5.92 Å². The molecule has 5 aliphatic rings. The van der Waals surface area contributed by atoms with E-state index in [0.29, 0.717) is 24.2 Å². The minimum Gasteiger partial charge on any atom is -0.504 e. The molecule has 3 aromatic rings. The number of phenolic OH excluding ortho intramolecular Hbond substituents is 1. The molecule has 3 fully saturated rings. The summed E-state index contributed by atoms with van der Waals surface area (Å²) in [7, 11) is 0. The number of phenols is 1. The smallest absolute Gasteiger partial charge is 0.252 e. The van der Waals surface area contributed by atoms with Crippen LogP contribution in [0.25, 0.3) is 10.8 Å². The number of aliphatic hydroxyl groups is 1. The molecule has 2 saturated carbocycles. The zero-order chi connectivity index (χ0) is 24.9. The Hall–Kier alpha value is -3.09. The van der Waals surface area contributed by atoms with Crippen molar-refractivity contribution in [2.75, 3.05) is 13.1 Å². The molecule has 2 aliphatic heterocycles. The molecule has 0 radical (unpaired) electrons. The van der Waals surface area contributed by atoms with Crippen molar-refractivity contribution in [3.8, 4) is 11.5 Å². The van der Waals surface area contributed by atoms with Crippen LogP contribution < -0.4 is 10.1 Å². The number of ether oxygens (including phenoxy) is 1. The molecule has 1 saturated heterocycles. The molecule has 190 valence electrons. The van der Waals surface area contributed by atoms with Crippen molar-refractivity contribution >= 4 is 16.7 Å². The standard InChI is InChI=1S/C31H32N2O4/c34-24-11-10-20-16-25-31(36)13-12-23(32-29(35)22-7-3-5-19-4-1-2-6-21(19)22)28-30(31,26(20)27(24)37-28)14-15-33(25)17-18-8-9-18/h1-7,10-11,18,23,25,28,34,36H,8-9,12-17H2,(H,32,35)/t23-,25?,28+,30+,31-/m1/s1. The van der Waals surface area contributed by atoms with E-state index in [-0.39, 0.29) is 23.7 Å². The Morgan fingerprint density at radius 1 is 1.05 bits per heavy atom. The number of fused-ring (bicyclic) bond motifs is 1. The normalized spacial score (nSPS) is 33.6.